The summed E-state index contributed by atoms with van der Waals surface area (Å²) in [7, 11) is 5.00. The monoisotopic (exact) mass is 469 g/mol. The van der Waals surface area contributed by atoms with E-state index in [2.05, 4.69) is 47.7 Å². The number of nitrogens with zero attached hydrogens (tertiary/aromatic N) is 1. The number of nitrogens with one attached hydrogen (secondary N) is 2. The van der Waals surface area contributed by atoms with Crippen molar-refractivity contribution in [3.05, 3.63) is 53.1 Å². The average Bonchev–Trinajstić information content (AvgIpc) is 2.62. The quantitative estimate of drug-likeness (QED) is 0.379. The maximum Gasteiger partial charge on any atom is 0.195 e. The predicted molar refractivity (Wildman–Crippen MR) is 120 cm³/mol. The van der Waals surface area contributed by atoms with Crippen molar-refractivity contribution in [2.24, 2.45) is 4.99 Å². The molecule has 0 aliphatic carbocycles. The highest BCUT2D eigenvalue weighted by Gasteiger charge is 2.06. The second-order valence-electron chi connectivity index (χ2n) is 5.87. The molecule has 0 bridgehead atoms. The number of guanidine groups is 1. The summed E-state index contributed by atoms with van der Waals surface area (Å²) in [6.07, 6.45) is 0.943. The topological polar surface area (TPSA) is 54.9 Å². The summed E-state index contributed by atoms with van der Waals surface area (Å²) in [5.41, 5.74) is 4.85. The van der Waals surface area contributed by atoms with Crippen LogP contribution in [0.3, 0.4) is 0 Å². The van der Waals surface area contributed by atoms with Gasteiger partial charge in [0.1, 0.15) is 0 Å². The van der Waals surface area contributed by atoms with Crippen LogP contribution in [0.2, 0.25) is 0 Å². The highest BCUT2D eigenvalue weighted by molar-refractivity contribution is 14.0. The number of ether oxygens (including phenoxy) is 2. The lowest BCUT2D eigenvalue weighted by molar-refractivity contribution is 0.355. The van der Waals surface area contributed by atoms with E-state index in [0.717, 1.165) is 24.6 Å². The molecule has 0 aromatic heterocycles. The molecule has 0 saturated heterocycles. The minimum atomic E-state index is 0. The van der Waals surface area contributed by atoms with Gasteiger partial charge in [-0.15, -0.1) is 24.0 Å². The molecule has 0 amide bonds. The first-order chi connectivity index (χ1) is 12.1. The van der Waals surface area contributed by atoms with E-state index in [1.54, 1.807) is 21.3 Å². The molecule has 2 N–H and O–H groups in total. The molecule has 26 heavy (non-hydrogen) atoms. The Labute approximate surface area is 173 Å². The summed E-state index contributed by atoms with van der Waals surface area (Å²) >= 11 is 0. The minimum Gasteiger partial charge on any atom is -0.493 e. The van der Waals surface area contributed by atoms with E-state index in [9.17, 15) is 0 Å². The van der Waals surface area contributed by atoms with Gasteiger partial charge in [-0.3, -0.25) is 4.99 Å². The third kappa shape index (κ3) is 6.09. The molecule has 2 rings (SSSR count). The van der Waals surface area contributed by atoms with Gasteiger partial charge in [-0.2, -0.15) is 0 Å². The van der Waals surface area contributed by atoms with Crippen molar-refractivity contribution in [3.8, 4) is 11.5 Å². The van der Waals surface area contributed by atoms with Crippen molar-refractivity contribution in [1.82, 2.24) is 5.32 Å². The van der Waals surface area contributed by atoms with Gasteiger partial charge in [-0.05, 0) is 43.5 Å². The van der Waals surface area contributed by atoms with Gasteiger partial charge in [-0.25, -0.2) is 0 Å². The zero-order chi connectivity index (χ0) is 18.2. The zero-order valence-electron chi connectivity index (χ0n) is 16.1. The van der Waals surface area contributed by atoms with E-state index >= 15 is 0 Å². The molecule has 0 atom stereocenters. The molecule has 0 fully saturated rings. The number of aryl methyl sites for hydroxylation is 2. The molecular weight excluding hydrogens is 441 g/mol. The molecule has 0 aliphatic heterocycles. The Morgan fingerprint density at radius 1 is 1.00 bits per heavy atom. The van der Waals surface area contributed by atoms with Crippen LogP contribution in [0, 0.1) is 13.8 Å². The summed E-state index contributed by atoms with van der Waals surface area (Å²) in [4.78, 5) is 4.27. The van der Waals surface area contributed by atoms with Crippen molar-refractivity contribution in [1.29, 1.82) is 0 Å². The number of benzene rings is 2. The van der Waals surface area contributed by atoms with Crippen LogP contribution in [0.25, 0.3) is 0 Å². The number of hydrogen-bond acceptors (Lipinski definition) is 3. The number of methoxy groups -OCH3 is 2. The van der Waals surface area contributed by atoms with Crippen LogP contribution in [0.1, 0.15) is 16.7 Å². The highest BCUT2D eigenvalue weighted by Crippen LogP contribution is 2.29. The van der Waals surface area contributed by atoms with Crippen molar-refractivity contribution in [2.75, 3.05) is 33.1 Å². The molecule has 0 heterocycles. The van der Waals surface area contributed by atoms with Crippen molar-refractivity contribution >= 4 is 35.6 Å². The molecule has 6 heteroatoms. The zero-order valence-corrected chi connectivity index (χ0v) is 18.4. The van der Waals surface area contributed by atoms with Gasteiger partial charge in [-0.1, -0.05) is 23.8 Å². The van der Waals surface area contributed by atoms with E-state index in [-0.39, 0.29) is 24.0 Å². The SMILES string of the molecule is CN=C(NCCc1ccc(C)cc1C)Nc1ccc(OC)c(OC)c1.I. The summed E-state index contributed by atoms with van der Waals surface area (Å²) < 4.78 is 10.6. The fraction of sp³-hybridized carbons (Fsp3) is 0.350. The third-order valence-corrected chi connectivity index (χ3v) is 4.05. The summed E-state index contributed by atoms with van der Waals surface area (Å²) in [6, 6.07) is 12.2. The number of halogens is 1. The first kappa shape index (κ1) is 22.1. The Morgan fingerprint density at radius 3 is 2.35 bits per heavy atom. The van der Waals surface area contributed by atoms with Crippen LogP contribution >= 0.6 is 24.0 Å². The first-order valence-corrected chi connectivity index (χ1v) is 8.33. The molecule has 2 aromatic carbocycles. The first-order valence-electron chi connectivity index (χ1n) is 8.33. The standard InChI is InChI=1S/C20H27N3O2.HI/c1-14-6-7-16(15(2)12-14)10-11-22-20(21-3)23-17-8-9-18(24-4)19(13-17)25-5;/h6-9,12-13H,10-11H2,1-5H3,(H2,21,22,23);1H. The number of anilines is 1. The van der Waals surface area contributed by atoms with Gasteiger partial charge < -0.3 is 20.1 Å². The smallest absolute Gasteiger partial charge is 0.195 e. The Bertz CT molecular complexity index is 748. The molecule has 0 unspecified atom stereocenters. The van der Waals surface area contributed by atoms with Gasteiger partial charge in [0.05, 0.1) is 14.2 Å². The summed E-state index contributed by atoms with van der Waals surface area (Å²) in [6.45, 7) is 5.07. The fourth-order valence-electron chi connectivity index (χ4n) is 2.67. The molecule has 142 valence electrons. The van der Waals surface area contributed by atoms with Gasteiger partial charge >= 0.3 is 0 Å². The number of rotatable bonds is 6. The van der Waals surface area contributed by atoms with E-state index in [1.165, 1.54) is 16.7 Å². The summed E-state index contributed by atoms with van der Waals surface area (Å²) in [5, 5.41) is 6.61. The lowest BCUT2D eigenvalue weighted by Gasteiger charge is -2.14. The number of aliphatic imine (C=N–C) groups is 1. The van der Waals surface area contributed by atoms with Crippen LogP contribution in [0.4, 0.5) is 5.69 Å². The van der Waals surface area contributed by atoms with Crippen molar-refractivity contribution in [2.45, 2.75) is 20.3 Å². The van der Waals surface area contributed by atoms with E-state index in [4.69, 9.17) is 9.47 Å². The van der Waals surface area contributed by atoms with Crippen molar-refractivity contribution in [3.63, 3.8) is 0 Å². The van der Waals surface area contributed by atoms with Crippen molar-refractivity contribution < 1.29 is 9.47 Å². The lowest BCUT2D eigenvalue weighted by atomic mass is 10.0. The minimum absolute atomic E-state index is 0. The van der Waals surface area contributed by atoms with Gasteiger partial charge in [0.2, 0.25) is 0 Å². The molecular formula is C20H28IN3O2. The van der Waals surface area contributed by atoms with E-state index < -0.39 is 0 Å². The molecule has 0 spiro atoms. The molecule has 0 saturated carbocycles. The Hall–Kier alpha value is -1.96. The average molecular weight is 469 g/mol. The Balaban J connectivity index is 0.00000338. The third-order valence-electron chi connectivity index (χ3n) is 4.05. The maximum absolute atomic E-state index is 5.33. The van der Waals surface area contributed by atoms with Gasteiger partial charge in [0, 0.05) is 25.3 Å². The Kier molecular flexibility index (Phi) is 9.26. The van der Waals surface area contributed by atoms with Crippen LogP contribution in [-0.2, 0) is 6.42 Å². The normalized spacial score (nSPS) is 10.7. The second kappa shape index (κ2) is 10.9. The largest absolute Gasteiger partial charge is 0.493 e. The van der Waals surface area contributed by atoms with Crippen LogP contribution in [0.15, 0.2) is 41.4 Å². The van der Waals surface area contributed by atoms with E-state index in [1.807, 2.05) is 18.2 Å². The fourth-order valence-corrected chi connectivity index (χ4v) is 2.67. The van der Waals surface area contributed by atoms with Gasteiger partial charge in [0.25, 0.3) is 0 Å². The maximum atomic E-state index is 5.33. The molecule has 0 radical (unpaired) electrons. The molecule has 0 aliphatic rings. The summed E-state index contributed by atoms with van der Waals surface area (Å²) in [5.74, 6) is 2.10. The lowest BCUT2D eigenvalue weighted by Crippen LogP contribution is -2.32. The van der Waals surface area contributed by atoms with Crippen LogP contribution in [0.5, 0.6) is 11.5 Å². The number of hydrogen-bond donors (Lipinski definition) is 2. The predicted octanol–water partition coefficient (Wildman–Crippen LogP) is 4.17. The highest BCUT2D eigenvalue weighted by atomic mass is 127. The van der Waals surface area contributed by atoms with E-state index in [0.29, 0.717) is 11.5 Å². The van der Waals surface area contributed by atoms with Crippen LogP contribution in [-0.4, -0.2) is 33.8 Å². The van der Waals surface area contributed by atoms with Crippen LogP contribution < -0.4 is 20.1 Å². The molecule has 2 aromatic rings. The second-order valence-corrected chi connectivity index (χ2v) is 5.87. The molecule has 5 nitrogen and oxygen atoms in total. The Morgan fingerprint density at radius 2 is 1.73 bits per heavy atom. The van der Waals surface area contributed by atoms with Gasteiger partial charge in [0.15, 0.2) is 17.5 Å².